The van der Waals surface area contributed by atoms with Crippen molar-refractivity contribution in [3.63, 3.8) is 0 Å². The highest BCUT2D eigenvalue weighted by Crippen LogP contribution is 2.25. The highest BCUT2D eigenvalue weighted by Gasteiger charge is 2.25. The van der Waals surface area contributed by atoms with E-state index in [0.29, 0.717) is 5.56 Å². The van der Waals surface area contributed by atoms with Crippen molar-refractivity contribution >= 4 is 16.7 Å². The molecule has 2 N–H and O–H groups in total. The predicted octanol–water partition coefficient (Wildman–Crippen LogP) is 1.88. The lowest BCUT2D eigenvalue weighted by atomic mass is 9.96. The Balaban J connectivity index is 2.20. The molecule has 1 aliphatic rings. The number of epoxide rings is 1. The van der Waals surface area contributed by atoms with Gasteiger partial charge in [-0.15, -0.1) is 0 Å². The Bertz CT molecular complexity index is 588. The smallest absolute Gasteiger partial charge is 0.249 e. The van der Waals surface area contributed by atoms with Gasteiger partial charge in [0.15, 0.2) is 0 Å². The number of amides is 1. The van der Waals surface area contributed by atoms with Crippen molar-refractivity contribution in [3.05, 3.63) is 47.5 Å². The summed E-state index contributed by atoms with van der Waals surface area (Å²) < 4.78 is 5.21. The van der Waals surface area contributed by atoms with E-state index in [1.807, 2.05) is 36.4 Å². The van der Waals surface area contributed by atoms with Gasteiger partial charge in [0.1, 0.15) is 0 Å². The summed E-state index contributed by atoms with van der Waals surface area (Å²) in [6, 6.07) is 11.8. The fourth-order valence-electron chi connectivity index (χ4n) is 2.21. The molecule has 1 heterocycles. The van der Waals surface area contributed by atoms with Gasteiger partial charge in [-0.2, -0.15) is 0 Å². The van der Waals surface area contributed by atoms with Crippen LogP contribution in [0.1, 0.15) is 15.9 Å². The van der Waals surface area contributed by atoms with E-state index in [1.165, 1.54) is 0 Å². The minimum absolute atomic E-state index is 0.259. The van der Waals surface area contributed by atoms with Crippen LogP contribution in [0.2, 0.25) is 0 Å². The SMILES string of the molecule is NC(=O)c1c(CC2CO2)ccc2ccccc12. The van der Waals surface area contributed by atoms with Crippen LogP contribution in [0.25, 0.3) is 10.8 Å². The lowest BCUT2D eigenvalue weighted by Gasteiger charge is -2.09. The van der Waals surface area contributed by atoms with Gasteiger partial charge in [-0.1, -0.05) is 36.4 Å². The molecule has 86 valence electrons. The third kappa shape index (κ3) is 1.89. The molecule has 1 aliphatic heterocycles. The van der Waals surface area contributed by atoms with E-state index in [0.717, 1.165) is 29.4 Å². The second-order valence-electron chi connectivity index (χ2n) is 4.34. The largest absolute Gasteiger partial charge is 0.373 e. The van der Waals surface area contributed by atoms with E-state index in [2.05, 4.69) is 0 Å². The van der Waals surface area contributed by atoms with Crippen molar-refractivity contribution in [1.82, 2.24) is 0 Å². The Morgan fingerprint density at radius 1 is 1.29 bits per heavy atom. The first-order chi connectivity index (χ1) is 8.25. The minimum atomic E-state index is -0.363. The molecule has 1 unspecified atom stereocenters. The van der Waals surface area contributed by atoms with Crippen molar-refractivity contribution < 1.29 is 9.53 Å². The fourth-order valence-corrected chi connectivity index (χ4v) is 2.21. The summed E-state index contributed by atoms with van der Waals surface area (Å²) in [5.41, 5.74) is 7.12. The molecule has 0 aliphatic carbocycles. The van der Waals surface area contributed by atoms with Gasteiger partial charge in [-0.25, -0.2) is 0 Å². The quantitative estimate of drug-likeness (QED) is 0.814. The molecule has 2 aromatic rings. The third-order valence-electron chi connectivity index (χ3n) is 3.11. The van der Waals surface area contributed by atoms with Gasteiger partial charge in [-0.05, 0) is 16.3 Å². The average molecular weight is 227 g/mol. The molecular weight excluding hydrogens is 214 g/mol. The monoisotopic (exact) mass is 227 g/mol. The van der Waals surface area contributed by atoms with Gasteiger partial charge in [0.05, 0.1) is 18.3 Å². The predicted molar refractivity (Wildman–Crippen MR) is 65.9 cm³/mol. The summed E-state index contributed by atoms with van der Waals surface area (Å²) in [6.07, 6.45) is 1.03. The highest BCUT2D eigenvalue weighted by molar-refractivity contribution is 6.07. The third-order valence-corrected chi connectivity index (χ3v) is 3.11. The van der Waals surface area contributed by atoms with E-state index in [1.54, 1.807) is 0 Å². The molecule has 1 fully saturated rings. The van der Waals surface area contributed by atoms with Crippen LogP contribution in [0.3, 0.4) is 0 Å². The maximum absolute atomic E-state index is 11.6. The lowest BCUT2D eigenvalue weighted by Crippen LogP contribution is -2.15. The lowest BCUT2D eigenvalue weighted by molar-refractivity contribution is 0.100. The number of primary amides is 1. The zero-order valence-electron chi connectivity index (χ0n) is 9.35. The number of nitrogens with two attached hydrogens (primary N) is 1. The van der Waals surface area contributed by atoms with Crippen LogP contribution < -0.4 is 5.73 Å². The Morgan fingerprint density at radius 3 is 2.76 bits per heavy atom. The number of fused-ring (bicyclic) bond motifs is 1. The summed E-state index contributed by atoms with van der Waals surface area (Å²) >= 11 is 0. The zero-order chi connectivity index (χ0) is 11.8. The molecular formula is C14H13NO2. The van der Waals surface area contributed by atoms with Gasteiger partial charge in [0, 0.05) is 6.42 Å². The standard InChI is InChI=1S/C14H13NO2/c15-14(16)13-10(7-11-8-17-11)6-5-9-3-1-2-4-12(9)13/h1-6,11H,7-8H2,(H2,15,16). The summed E-state index contributed by atoms with van der Waals surface area (Å²) in [5.74, 6) is -0.363. The molecule has 0 radical (unpaired) electrons. The molecule has 1 atom stereocenters. The summed E-state index contributed by atoms with van der Waals surface area (Å²) in [6.45, 7) is 0.783. The topological polar surface area (TPSA) is 55.6 Å². The number of carbonyl (C=O) groups is 1. The van der Waals surface area contributed by atoms with Crippen LogP contribution in [-0.2, 0) is 11.2 Å². The Labute approximate surface area is 99.2 Å². The van der Waals surface area contributed by atoms with Gasteiger partial charge in [0.2, 0.25) is 5.91 Å². The van der Waals surface area contributed by atoms with Gasteiger partial charge in [-0.3, -0.25) is 4.79 Å². The molecule has 3 nitrogen and oxygen atoms in total. The van der Waals surface area contributed by atoms with Crippen LogP contribution in [-0.4, -0.2) is 18.6 Å². The summed E-state index contributed by atoms with van der Waals surface area (Å²) in [7, 11) is 0. The van der Waals surface area contributed by atoms with Gasteiger partial charge >= 0.3 is 0 Å². The number of ether oxygens (including phenoxy) is 1. The normalized spacial score (nSPS) is 18.2. The van der Waals surface area contributed by atoms with Crippen molar-refractivity contribution in [2.45, 2.75) is 12.5 Å². The molecule has 0 saturated carbocycles. The molecule has 3 heteroatoms. The zero-order valence-corrected chi connectivity index (χ0v) is 9.35. The number of hydrogen-bond donors (Lipinski definition) is 1. The van der Waals surface area contributed by atoms with Crippen molar-refractivity contribution in [2.75, 3.05) is 6.61 Å². The van der Waals surface area contributed by atoms with Crippen LogP contribution in [0.4, 0.5) is 0 Å². The molecule has 1 saturated heterocycles. The van der Waals surface area contributed by atoms with E-state index in [4.69, 9.17) is 10.5 Å². The first kappa shape index (κ1) is 10.3. The Hall–Kier alpha value is -1.87. The second-order valence-corrected chi connectivity index (χ2v) is 4.34. The fraction of sp³-hybridized carbons (Fsp3) is 0.214. The van der Waals surface area contributed by atoms with Crippen LogP contribution >= 0.6 is 0 Å². The average Bonchev–Trinajstić information content (AvgIpc) is 3.12. The van der Waals surface area contributed by atoms with E-state index in [-0.39, 0.29) is 12.0 Å². The molecule has 0 bridgehead atoms. The van der Waals surface area contributed by atoms with Crippen LogP contribution in [0.5, 0.6) is 0 Å². The summed E-state index contributed by atoms with van der Waals surface area (Å²) in [5, 5.41) is 1.97. The molecule has 3 rings (SSSR count). The minimum Gasteiger partial charge on any atom is -0.373 e. The van der Waals surface area contributed by atoms with Gasteiger partial charge < -0.3 is 10.5 Å². The number of carbonyl (C=O) groups excluding carboxylic acids is 1. The number of benzene rings is 2. The van der Waals surface area contributed by atoms with Crippen molar-refractivity contribution in [3.8, 4) is 0 Å². The number of hydrogen-bond acceptors (Lipinski definition) is 2. The Kier molecular flexibility index (Phi) is 2.34. The highest BCUT2D eigenvalue weighted by atomic mass is 16.6. The molecule has 0 aromatic heterocycles. The molecule has 0 spiro atoms. The second kappa shape index (κ2) is 3.86. The summed E-state index contributed by atoms with van der Waals surface area (Å²) in [4.78, 5) is 11.6. The first-order valence-corrected chi connectivity index (χ1v) is 5.68. The van der Waals surface area contributed by atoms with Crippen molar-refractivity contribution in [2.24, 2.45) is 5.73 Å². The van der Waals surface area contributed by atoms with E-state index in [9.17, 15) is 4.79 Å². The van der Waals surface area contributed by atoms with Crippen LogP contribution in [0.15, 0.2) is 36.4 Å². The van der Waals surface area contributed by atoms with Gasteiger partial charge in [0.25, 0.3) is 0 Å². The molecule has 17 heavy (non-hydrogen) atoms. The maximum Gasteiger partial charge on any atom is 0.249 e. The molecule has 2 aromatic carbocycles. The van der Waals surface area contributed by atoms with E-state index >= 15 is 0 Å². The van der Waals surface area contributed by atoms with E-state index < -0.39 is 0 Å². The molecule has 1 amide bonds. The Morgan fingerprint density at radius 2 is 2.06 bits per heavy atom. The number of rotatable bonds is 3. The van der Waals surface area contributed by atoms with Crippen LogP contribution in [0, 0.1) is 0 Å². The maximum atomic E-state index is 11.6. The first-order valence-electron chi connectivity index (χ1n) is 5.68. The van der Waals surface area contributed by atoms with Crippen molar-refractivity contribution in [1.29, 1.82) is 0 Å².